The summed E-state index contributed by atoms with van der Waals surface area (Å²) >= 11 is 1.10. The van der Waals surface area contributed by atoms with Gasteiger partial charge in [0.15, 0.2) is 0 Å². The van der Waals surface area contributed by atoms with Gasteiger partial charge in [0.1, 0.15) is 9.84 Å². The first-order valence-corrected chi connectivity index (χ1v) is 6.96. The second-order valence-corrected chi connectivity index (χ2v) is 6.08. The van der Waals surface area contributed by atoms with E-state index in [0.717, 1.165) is 17.0 Å². The monoisotopic (exact) mass is 236 g/mol. The first-order chi connectivity index (χ1) is 6.47. The molecule has 0 spiro atoms. The summed E-state index contributed by atoms with van der Waals surface area (Å²) in [7, 11) is -2.91. The molecule has 7 heteroatoms. The summed E-state index contributed by atoms with van der Waals surface area (Å²) in [5, 5.41) is 4.65. The fourth-order valence-corrected chi connectivity index (χ4v) is 1.98. The molecule has 0 saturated heterocycles. The minimum Gasteiger partial charge on any atom is -0.315 e. The van der Waals surface area contributed by atoms with Crippen molar-refractivity contribution in [1.82, 2.24) is 10.3 Å². The molecule has 80 valence electrons. The molecule has 1 aromatic rings. The number of H-pyrrole nitrogens is 1. The molecule has 0 saturated carbocycles. The highest BCUT2D eigenvalue weighted by Crippen LogP contribution is 1.93. The highest BCUT2D eigenvalue weighted by Gasteiger charge is 2.01. The van der Waals surface area contributed by atoms with Crippen LogP contribution in [0, 0.1) is 0 Å². The molecule has 0 radical (unpaired) electrons. The maximum absolute atomic E-state index is 10.8. The third kappa shape index (κ3) is 4.54. The third-order valence-corrected chi connectivity index (χ3v) is 3.20. The number of rotatable bonds is 5. The summed E-state index contributed by atoms with van der Waals surface area (Å²) in [5.41, 5.74) is 0.786. The second kappa shape index (κ2) is 4.72. The second-order valence-electron chi connectivity index (χ2n) is 2.98. The molecule has 0 fully saturated rings. The number of sulfone groups is 1. The Morgan fingerprint density at radius 3 is 2.79 bits per heavy atom. The molecule has 0 aliphatic rings. The molecule has 0 aliphatic heterocycles. The van der Waals surface area contributed by atoms with Gasteiger partial charge in [0.2, 0.25) is 0 Å². The van der Waals surface area contributed by atoms with Gasteiger partial charge >= 0.3 is 4.87 Å². The fraction of sp³-hybridized carbons (Fsp3) is 0.571. The minimum absolute atomic E-state index is 0.0927. The van der Waals surface area contributed by atoms with E-state index in [1.165, 1.54) is 6.26 Å². The van der Waals surface area contributed by atoms with Crippen LogP contribution in [0.2, 0.25) is 0 Å². The molecule has 0 unspecified atom stereocenters. The van der Waals surface area contributed by atoms with E-state index >= 15 is 0 Å². The quantitative estimate of drug-likeness (QED) is 0.680. The lowest BCUT2D eigenvalue weighted by Crippen LogP contribution is -2.22. The molecular formula is C7H12N2O3S2. The predicted octanol–water partition coefficient (Wildman–Crippen LogP) is -0.429. The first kappa shape index (κ1) is 11.4. The number of hydrogen-bond acceptors (Lipinski definition) is 5. The summed E-state index contributed by atoms with van der Waals surface area (Å²) in [6.07, 6.45) is 1.20. The zero-order valence-corrected chi connectivity index (χ0v) is 9.37. The van der Waals surface area contributed by atoms with Gasteiger partial charge in [0.25, 0.3) is 0 Å². The molecule has 1 heterocycles. The maximum atomic E-state index is 10.8. The normalized spacial score (nSPS) is 11.8. The molecule has 1 rings (SSSR count). The van der Waals surface area contributed by atoms with E-state index in [9.17, 15) is 13.2 Å². The Morgan fingerprint density at radius 2 is 2.29 bits per heavy atom. The van der Waals surface area contributed by atoms with Crippen LogP contribution < -0.4 is 10.2 Å². The van der Waals surface area contributed by atoms with Gasteiger partial charge in [0.05, 0.1) is 5.75 Å². The first-order valence-electron chi connectivity index (χ1n) is 4.02. The van der Waals surface area contributed by atoms with Crippen molar-refractivity contribution >= 4 is 21.2 Å². The number of hydrogen-bond donors (Lipinski definition) is 2. The molecule has 14 heavy (non-hydrogen) atoms. The lowest BCUT2D eigenvalue weighted by atomic mass is 10.5. The Morgan fingerprint density at radius 1 is 1.57 bits per heavy atom. The van der Waals surface area contributed by atoms with Gasteiger partial charge in [0, 0.05) is 30.4 Å². The van der Waals surface area contributed by atoms with Crippen LogP contribution in [0.4, 0.5) is 0 Å². The average Bonchev–Trinajstić information content (AvgIpc) is 2.44. The molecule has 0 amide bonds. The molecule has 0 aromatic carbocycles. The Labute approximate surface area is 86.1 Å². The summed E-state index contributed by atoms with van der Waals surface area (Å²) in [6.45, 7) is 0.894. The molecular weight excluding hydrogens is 224 g/mol. The van der Waals surface area contributed by atoms with Crippen molar-refractivity contribution in [3.8, 4) is 0 Å². The van der Waals surface area contributed by atoms with Crippen LogP contribution in [0.5, 0.6) is 0 Å². The van der Waals surface area contributed by atoms with Gasteiger partial charge in [-0.25, -0.2) is 8.42 Å². The van der Waals surface area contributed by atoms with Crippen molar-refractivity contribution in [2.24, 2.45) is 0 Å². The summed E-state index contributed by atoms with van der Waals surface area (Å²) < 4.78 is 21.5. The van der Waals surface area contributed by atoms with Crippen LogP contribution >= 0.6 is 11.3 Å². The Hall–Kier alpha value is -0.660. The SMILES string of the molecule is CS(=O)(=O)CCNCc1csc(=O)[nH]1. The summed E-state index contributed by atoms with van der Waals surface area (Å²) in [5.74, 6) is 0.112. The van der Waals surface area contributed by atoms with Crippen molar-refractivity contribution in [3.63, 3.8) is 0 Å². The summed E-state index contributed by atoms with van der Waals surface area (Å²) in [6, 6.07) is 0. The highest BCUT2D eigenvalue weighted by molar-refractivity contribution is 7.90. The smallest absolute Gasteiger partial charge is 0.304 e. The van der Waals surface area contributed by atoms with Gasteiger partial charge in [-0.2, -0.15) is 0 Å². The standard InChI is InChI=1S/C7H12N2O3S2/c1-14(11,12)3-2-8-4-6-5-13-7(10)9-6/h5,8H,2-4H2,1H3,(H,9,10). The van der Waals surface area contributed by atoms with E-state index in [-0.39, 0.29) is 10.6 Å². The van der Waals surface area contributed by atoms with Crippen LogP contribution in [0.1, 0.15) is 5.69 Å². The molecule has 5 nitrogen and oxygen atoms in total. The van der Waals surface area contributed by atoms with Crippen LogP contribution in [-0.4, -0.2) is 32.0 Å². The molecule has 2 N–H and O–H groups in total. The Bertz CT molecular complexity index is 432. The van der Waals surface area contributed by atoms with Crippen molar-refractivity contribution in [1.29, 1.82) is 0 Å². The summed E-state index contributed by atoms with van der Waals surface area (Å²) in [4.78, 5) is 13.3. The lowest BCUT2D eigenvalue weighted by molar-refractivity contribution is 0.596. The predicted molar refractivity (Wildman–Crippen MR) is 56.4 cm³/mol. The van der Waals surface area contributed by atoms with E-state index < -0.39 is 9.84 Å². The lowest BCUT2D eigenvalue weighted by Gasteiger charge is -2.00. The van der Waals surface area contributed by atoms with Crippen LogP contribution in [0.15, 0.2) is 10.2 Å². The van der Waals surface area contributed by atoms with Crippen molar-refractivity contribution < 1.29 is 8.42 Å². The zero-order valence-electron chi connectivity index (χ0n) is 7.74. The van der Waals surface area contributed by atoms with E-state index in [0.29, 0.717) is 13.1 Å². The zero-order chi connectivity index (χ0) is 10.6. The van der Waals surface area contributed by atoms with Gasteiger partial charge in [-0.3, -0.25) is 4.79 Å². The van der Waals surface area contributed by atoms with Crippen molar-refractivity contribution in [2.45, 2.75) is 6.54 Å². The Kier molecular flexibility index (Phi) is 3.85. The molecule has 0 bridgehead atoms. The number of aromatic nitrogens is 1. The maximum Gasteiger partial charge on any atom is 0.304 e. The van der Waals surface area contributed by atoms with Gasteiger partial charge < -0.3 is 10.3 Å². The van der Waals surface area contributed by atoms with E-state index in [1.807, 2.05) is 0 Å². The minimum atomic E-state index is -2.91. The number of nitrogens with one attached hydrogen (secondary N) is 2. The van der Waals surface area contributed by atoms with Crippen molar-refractivity contribution in [2.75, 3.05) is 18.6 Å². The van der Waals surface area contributed by atoms with Crippen LogP contribution in [0.25, 0.3) is 0 Å². The Balaban J connectivity index is 2.26. The van der Waals surface area contributed by atoms with E-state index in [1.54, 1.807) is 5.38 Å². The van der Waals surface area contributed by atoms with E-state index in [2.05, 4.69) is 10.3 Å². The number of thiazole rings is 1. The van der Waals surface area contributed by atoms with Crippen LogP contribution in [-0.2, 0) is 16.4 Å². The van der Waals surface area contributed by atoms with E-state index in [4.69, 9.17) is 0 Å². The largest absolute Gasteiger partial charge is 0.315 e. The fourth-order valence-electron chi connectivity index (χ4n) is 0.881. The molecule has 0 atom stereocenters. The highest BCUT2D eigenvalue weighted by atomic mass is 32.2. The van der Waals surface area contributed by atoms with Gasteiger partial charge in [-0.1, -0.05) is 11.3 Å². The third-order valence-electron chi connectivity index (χ3n) is 1.54. The molecule has 1 aromatic heterocycles. The average molecular weight is 236 g/mol. The van der Waals surface area contributed by atoms with Crippen molar-refractivity contribution in [3.05, 3.63) is 20.7 Å². The number of aromatic amines is 1. The van der Waals surface area contributed by atoms with Gasteiger partial charge in [-0.05, 0) is 0 Å². The van der Waals surface area contributed by atoms with Gasteiger partial charge in [-0.15, -0.1) is 0 Å². The molecule has 0 aliphatic carbocycles. The topological polar surface area (TPSA) is 79.0 Å². The van der Waals surface area contributed by atoms with Crippen LogP contribution in [0.3, 0.4) is 0 Å².